The summed E-state index contributed by atoms with van der Waals surface area (Å²) < 4.78 is 9.72. The summed E-state index contributed by atoms with van der Waals surface area (Å²) in [5, 5.41) is 6.11. The van der Waals surface area contributed by atoms with Crippen LogP contribution in [-0.4, -0.2) is 30.5 Å². The van der Waals surface area contributed by atoms with E-state index in [1.807, 2.05) is 0 Å². The quantitative estimate of drug-likeness (QED) is 0.852. The summed E-state index contributed by atoms with van der Waals surface area (Å²) in [7, 11) is 1.52. The first-order valence-electron chi connectivity index (χ1n) is 5.60. The number of hydrogen-bond donors (Lipinski definition) is 1. The molecule has 0 spiro atoms. The number of hydrogen-bond acceptors (Lipinski definition) is 5. The van der Waals surface area contributed by atoms with Crippen LogP contribution < -0.4 is 5.32 Å². The third-order valence-corrected chi connectivity index (χ3v) is 2.32. The van der Waals surface area contributed by atoms with E-state index in [4.69, 9.17) is 9.26 Å². The highest BCUT2D eigenvalue weighted by Crippen LogP contribution is 2.13. The van der Waals surface area contributed by atoms with E-state index >= 15 is 0 Å². The van der Waals surface area contributed by atoms with Gasteiger partial charge in [-0.15, -0.1) is 0 Å². The van der Waals surface area contributed by atoms with Crippen LogP contribution in [0.15, 0.2) is 10.6 Å². The highest BCUT2D eigenvalue weighted by atomic mass is 16.5. The highest BCUT2D eigenvalue weighted by molar-refractivity contribution is 5.96. The standard InChI is InChI=1S/C12H18N2O4/c1-12(2,3)10(15)6-13-11(16)9-5-8(7-17-4)18-14-9/h5H,6-7H2,1-4H3,(H,13,16). The predicted molar refractivity (Wildman–Crippen MR) is 64.0 cm³/mol. The first-order valence-corrected chi connectivity index (χ1v) is 5.60. The maximum atomic E-state index is 11.7. The molecule has 0 radical (unpaired) electrons. The average molecular weight is 254 g/mol. The van der Waals surface area contributed by atoms with Gasteiger partial charge < -0.3 is 14.6 Å². The van der Waals surface area contributed by atoms with Crippen LogP contribution in [0.1, 0.15) is 37.0 Å². The van der Waals surface area contributed by atoms with Gasteiger partial charge in [0.1, 0.15) is 6.61 Å². The molecule has 1 aromatic heterocycles. The Balaban J connectivity index is 2.52. The van der Waals surface area contributed by atoms with Crippen molar-refractivity contribution >= 4 is 11.7 Å². The number of ether oxygens (including phenoxy) is 1. The molecule has 0 aliphatic carbocycles. The van der Waals surface area contributed by atoms with E-state index in [1.165, 1.54) is 13.2 Å². The van der Waals surface area contributed by atoms with E-state index in [-0.39, 0.29) is 24.6 Å². The molecule has 100 valence electrons. The third-order valence-electron chi connectivity index (χ3n) is 2.32. The lowest BCUT2D eigenvalue weighted by Crippen LogP contribution is -2.35. The SMILES string of the molecule is COCc1cc(C(=O)NCC(=O)C(C)(C)C)no1. The molecule has 0 aromatic carbocycles. The summed E-state index contributed by atoms with van der Waals surface area (Å²) >= 11 is 0. The number of nitrogens with one attached hydrogen (secondary N) is 1. The molecule has 18 heavy (non-hydrogen) atoms. The van der Waals surface area contributed by atoms with Crippen molar-refractivity contribution in [3.63, 3.8) is 0 Å². The Morgan fingerprint density at radius 3 is 2.67 bits per heavy atom. The minimum absolute atomic E-state index is 0.0190. The summed E-state index contributed by atoms with van der Waals surface area (Å²) in [4.78, 5) is 23.3. The summed E-state index contributed by atoms with van der Waals surface area (Å²) in [6.07, 6.45) is 0. The zero-order valence-corrected chi connectivity index (χ0v) is 11.1. The second-order valence-electron chi connectivity index (χ2n) is 4.97. The lowest BCUT2D eigenvalue weighted by atomic mass is 9.91. The summed E-state index contributed by atoms with van der Waals surface area (Å²) in [5.74, 6) is -0.0139. The molecular weight excluding hydrogens is 236 g/mol. The monoisotopic (exact) mass is 254 g/mol. The maximum absolute atomic E-state index is 11.7. The highest BCUT2D eigenvalue weighted by Gasteiger charge is 2.22. The molecule has 0 saturated heterocycles. The number of aromatic nitrogens is 1. The van der Waals surface area contributed by atoms with Gasteiger partial charge in [-0.1, -0.05) is 25.9 Å². The van der Waals surface area contributed by atoms with Crippen LogP contribution in [0.4, 0.5) is 0 Å². The van der Waals surface area contributed by atoms with Crippen LogP contribution in [0.25, 0.3) is 0 Å². The molecule has 1 rings (SSSR count). The molecule has 0 fully saturated rings. The van der Waals surface area contributed by atoms with E-state index < -0.39 is 11.3 Å². The van der Waals surface area contributed by atoms with Crippen molar-refractivity contribution in [3.8, 4) is 0 Å². The lowest BCUT2D eigenvalue weighted by Gasteiger charge is -2.16. The van der Waals surface area contributed by atoms with Crippen molar-refractivity contribution in [2.45, 2.75) is 27.4 Å². The van der Waals surface area contributed by atoms with E-state index in [0.717, 1.165) is 0 Å². The van der Waals surface area contributed by atoms with Gasteiger partial charge in [0, 0.05) is 18.6 Å². The average Bonchev–Trinajstić information content (AvgIpc) is 2.73. The van der Waals surface area contributed by atoms with Crippen molar-refractivity contribution in [3.05, 3.63) is 17.5 Å². The molecule has 0 aliphatic rings. The predicted octanol–water partition coefficient (Wildman–Crippen LogP) is 1.17. The fourth-order valence-electron chi connectivity index (χ4n) is 1.15. The first kappa shape index (κ1) is 14.4. The van der Waals surface area contributed by atoms with Gasteiger partial charge in [0.2, 0.25) is 0 Å². The molecule has 1 heterocycles. The van der Waals surface area contributed by atoms with Gasteiger partial charge in [-0.25, -0.2) is 0 Å². The molecule has 0 atom stereocenters. The van der Waals surface area contributed by atoms with Crippen LogP contribution in [0.5, 0.6) is 0 Å². The Labute approximate surface area is 106 Å². The van der Waals surface area contributed by atoms with Gasteiger partial charge in [-0.2, -0.15) is 0 Å². The van der Waals surface area contributed by atoms with Gasteiger partial charge >= 0.3 is 0 Å². The van der Waals surface area contributed by atoms with Gasteiger partial charge in [-0.3, -0.25) is 9.59 Å². The van der Waals surface area contributed by atoms with E-state index in [0.29, 0.717) is 5.76 Å². The van der Waals surface area contributed by atoms with Crippen LogP contribution in [0.3, 0.4) is 0 Å². The van der Waals surface area contributed by atoms with Gasteiger partial charge in [-0.05, 0) is 0 Å². The number of carbonyl (C=O) groups is 2. The molecule has 0 aliphatic heterocycles. The first-order chi connectivity index (χ1) is 8.34. The summed E-state index contributed by atoms with van der Waals surface area (Å²) in [5.41, 5.74) is -0.332. The third kappa shape index (κ3) is 3.96. The topological polar surface area (TPSA) is 81.4 Å². The van der Waals surface area contributed by atoms with Crippen LogP contribution in [0, 0.1) is 5.41 Å². The number of rotatable bonds is 5. The number of amides is 1. The molecule has 0 saturated carbocycles. The van der Waals surface area contributed by atoms with Gasteiger partial charge in [0.15, 0.2) is 17.2 Å². The Hall–Kier alpha value is -1.69. The van der Waals surface area contributed by atoms with Crippen molar-refractivity contribution in [2.75, 3.05) is 13.7 Å². The maximum Gasteiger partial charge on any atom is 0.273 e. The molecule has 0 unspecified atom stereocenters. The van der Waals surface area contributed by atoms with Crippen LogP contribution in [0.2, 0.25) is 0 Å². The Bertz CT molecular complexity index is 432. The van der Waals surface area contributed by atoms with Crippen LogP contribution >= 0.6 is 0 Å². The molecule has 1 aromatic rings. The van der Waals surface area contributed by atoms with Crippen molar-refractivity contribution in [1.29, 1.82) is 0 Å². The normalized spacial score (nSPS) is 11.3. The van der Waals surface area contributed by atoms with Crippen molar-refractivity contribution in [1.82, 2.24) is 10.5 Å². The number of Topliss-reactive ketones (excluding diaryl/α,β-unsaturated/α-hetero) is 1. The second kappa shape index (κ2) is 5.77. The minimum Gasteiger partial charge on any atom is -0.377 e. The zero-order valence-electron chi connectivity index (χ0n) is 11.1. The van der Waals surface area contributed by atoms with E-state index in [1.54, 1.807) is 20.8 Å². The molecule has 1 N–H and O–H groups in total. The number of carbonyl (C=O) groups excluding carboxylic acids is 2. The molecule has 6 heteroatoms. The number of nitrogens with zero attached hydrogens (tertiary/aromatic N) is 1. The van der Waals surface area contributed by atoms with Gasteiger partial charge in [0.05, 0.1) is 6.54 Å². The van der Waals surface area contributed by atoms with E-state index in [9.17, 15) is 9.59 Å². The van der Waals surface area contributed by atoms with Gasteiger partial charge in [0.25, 0.3) is 5.91 Å². The smallest absolute Gasteiger partial charge is 0.273 e. The molecule has 0 bridgehead atoms. The summed E-state index contributed by atoms with van der Waals surface area (Å²) in [6.45, 7) is 5.63. The lowest BCUT2D eigenvalue weighted by molar-refractivity contribution is -0.125. The fraction of sp³-hybridized carbons (Fsp3) is 0.583. The largest absolute Gasteiger partial charge is 0.377 e. The zero-order chi connectivity index (χ0) is 13.8. The van der Waals surface area contributed by atoms with E-state index in [2.05, 4.69) is 10.5 Å². The minimum atomic E-state index is -0.474. The van der Waals surface area contributed by atoms with Crippen molar-refractivity contribution < 1.29 is 18.8 Å². The second-order valence-corrected chi connectivity index (χ2v) is 4.97. The summed E-state index contributed by atoms with van der Waals surface area (Å²) in [6, 6.07) is 1.49. The fourth-order valence-corrected chi connectivity index (χ4v) is 1.15. The number of methoxy groups -OCH3 is 1. The molecule has 1 amide bonds. The molecule has 6 nitrogen and oxygen atoms in total. The number of ketones is 1. The van der Waals surface area contributed by atoms with Crippen molar-refractivity contribution in [2.24, 2.45) is 5.41 Å². The Morgan fingerprint density at radius 1 is 1.44 bits per heavy atom. The Morgan fingerprint density at radius 2 is 2.11 bits per heavy atom. The van der Waals surface area contributed by atoms with Crippen LogP contribution in [-0.2, 0) is 16.1 Å². The Kier molecular flexibility index (Phi) is 4.61. The molecular formula is C12H18N2O4.